The molecule has 1 amide bonds. The van der Waals surface area contributed by atoms with Crippen molar-refractivity contribution in [3.05, 3.63) is 64.4 Å². The zero-order chi connectivity index (χ0) is 22.7. The Morgan fingerprint density at radius 1 is 1.16 bits per heavy atom. The zero-order valence-corrected chi connectivity index (χ0v) is 19.2. The van der Waals surface area contributed by atoms with Gasteiger partial charge in [-0.1, -0.05) is 60.9 Å². The van der Waals surface area contributed by atoms with Gasteiger partial charge in [0, 0.05) is 7.05 Å². The molecule has 1 aromatic heterocycles. The first-order chi connectivity index (χ1) is 15.4. The van der Waals surface area contributed by atoms with Crippen molar-refractivity contribution in [3.63, 3.8) is 0 Å². The highest BCUT2D eigenvalue weighted by molar-refractivity contribution is 7.99. The SMILES string of the molecule is Cc1ccc(-n2c(SCC(=O)N(C)C3(C#N)CCCCC3)nc3ccccc3c2=O)cc1. The number of para-hydroxylation sites is 1. The minimum absolute atomic E-state index is 0.108. The third-order valence-corrected chi connectivity index (χ3v) is 7.19. The Bertz CT molecular complexity index is 1240. The molecule has 0 bridgehead atoms. The molecule has 1 aliphatic carbocycles. The van der Waals surface area contributed by atoms with E-state index in [0.717, 1.165) is 24.8 Å². The fourth-order valence-corrected chi connectivity index (χ4v) is 5.18. The Hall–Kier alpha value is -3.11. The number of carbonyl (C=O) groups is 1. The Labute approximate surface area is 191 Å². The van der Waals surface area contributed by atoms with Crippen molar-refractivity contribution in [2.45, 2.75) is 49.7 Å². The second kappa shape index (κ2) is 9.17. The highest BCUT2D eigenvalue weighted by atomic mass is 32.2. The predicted molar refractivity (Wildman–Crippen MR) is 127 cm³/mol. The molecule has 3 aromatic rings. The first-order valence-electron chi connectivity index (χ1n) is 10.8. The molecule has 1 saturated carbocycles. The van der Waals surface area contributed by atoms with Crippen LogP contribution >= 0.6 is 11.8 Å². The molecule has 32 heavy (non-hydrogen) atoms. The minimum Gasteiger partial charge on any atom is -0.326 e. The molecule has 6 nitrogen and oxygen atoms in total. The van der Waals surface area contributed by atoms with Crippen LogP contribution in [0.1, 0.15) is 37.7 Å². The van der Waals surface area contributed by atoms with Crippen molar-refractivity contribution in [3.8, 4) is 11.8 Å². The van der Waals surface area contributed by atoms with Crippen LogP contribution in [0.2, 0.25) is 0 Å². The van der Waals surface area contributed by atoms with Gasteiger partial charge >= 0.3 is 0 Å². The number of benzene rings is 2. The van der Waals surface area contributed by atoms with Crippen LogP contribution in [0.25, 0.3) is 16.6 Å². The Kier molecular flexibility index (Phi) is 6.33. The minimum atomic E-state index is -0.733. The van der Waals surface area contributed by atoms with Crippen LogP contribution in [0, 0.1) is 18.3 Å². The van der Waals surface area contributed by atoms with E-state index in [9.17, 15) is 14.9 Å². The fourth-order valence-electron chi connectivity index (χ4n) is 4.25. The number of thioether (sulfide) groups is 1. The summed E-state index contributed by atoms with van der Waals surface area (Å²) in [6.07, 6.45) is 4.43. The number of hydrogen-bond donors (Lipinski definition) is 0. The van der Waals surface area contributed by atoms with E-state index in [1.54, 1.807) is 28.6 Å². The van der Waals surface area contributed by atoms with Crippen molar-refractivity contribution in [2.75, 3.05) is 12.8 Å². The number of nitriles is 1. The highest BCUT2D eigenvalue weighted by Crippen LogP contribution is 2.33. The van der Waals surface area contributed by atoms with Gasteiger partial charge in [-0.3, -0.25) is 14.2 Å². The van der Waals surface area contributed by atoms with Crippen molar-refractivity contribution in [1.82, 2.24) is 14.5 Å². The Morgan fingerprint density at radius 2 is 1.84 bits per heavy atom. The molecule has 0 spiro atoms. The van der Waals surface area contributed by atoms with Crippen LogP contribution in [0.5, 0.6) is 0 Å². The summed E-state index contributed by atoms with van der Waals surface area (Å²) in [5.74, 6) is -0.0207. The highest BCUT2D eigenvalue weighted by Gasteiger charge is 2.38. The summed E-state index contributed by atoms with van der Waals surface area (Å²) in [6, 6.07) is 17.3. The summed E-state index contributed by atoms with van der Waals surface area (Å²) in [7, 11) is 1.72. The molecule has 0 aliphatic heterocycles. The van der Waals surface area contributed by atoms with Gasteiger partial charge < -0.3 is 4.90 Å². The molecule has 0 saturated heterocycles. The molecule has 0 radical (unpaired) electrons. The van der Waals surface area contributed by atoms with Crippen molar-refractivity contribution < 1.29 is 4.79 Å². The molecule has 0 atom stereocenters. The second-order valence-electron chi connectivity index (χ2n) is 8.33. The van der Waals surface area contributed by atoms with Crippen LogP contribution in [-0.4, -0.2) is 38.7 Å². The number of rotatable bonds is 5. The lowest BCUT2D eigenvalue weighted by Crippen LogP contribution is -2.50. The maximum atomic E-state index is 13.3. The number of amides is 1. The normalized spacial score (nSPS) is 15.3. The maximum absolute atomic E-state index is 13.3. The van der Waals surface area contributed by atoms with E-state index in [1.807, 2.05) is 43.3 Å². The van der Waals surface area contributed by atoms with E-state index in [-0.39, 0.29) is 17.2 Å². The molecule has 2 aromatic carbocycles. The third kappa shape index (κ3) is 4.15. The predicted octanol–water partition coefficient (Wildman–Crippen LogP) is 4.47. The Morgan fingerprint density at radius 3 is 2.53 bits per heavy atom. The van der Waals surface area contributed by atoms with Gasteiger partial charge in [0.15, 0.2) is 5.16 Å². The van der Waals surface area contributed by atoms with Crippen LogP contribution in [-0.2, 0) is 4.79 Å². The lowest BCUT2D eigenvalue weighted by molar-refractivity contribution is -0.131. The summed E-state index contributed by atoms with van der Waals surface area (Å²) >= 11 is 1.24. The van der Waals surface area contributed by atoms with Gasteiger partial charge in [0.25, 0.3) is 5.56 Å². The average molecular weight is 447 g/mol. The van der Waals surface area contributed by atoms with Crippen LogP contribution in [0.15, 0.2) is 58.5 Å². The number of aromatic nitrogens is 2. The summed E-state index contributed by atoms with van der Waals surface area (Å²) in [5.41, 5.74) is 1.51. The van der Waals surface area contributed by atoms with Crippen molar-refractivity contribution in [1.29, 1.82) is 5.26 Å². The number of carbonyl (C=O) groups excluding carboxylic acids is 1. The van der Waals surface area contributed by atoms with Crippen LogP contribution < -0.4 is 5.56 Å². The van der Waals surface area contributed by atoms with Crippen molar-refractivity contribution in [2.24, 2.45) is 0 Å². The van der Waals surface area contributed by atoms with E-state index in [1.165, 1.54) is 11.8 Å². The van der Waals surface area contributed by atoms with Crippen LogP contribution in [0.3, 0.4) is 0 Å². The largest absolute Gasteiger partial charge is 0.326 e. The first-order valence-corrected chi connectivity index (χ1v) is 11.8. The third-order valence-electron chi connectivity index (χ3n) is 6.27. The molecule has 0 N–H and O–H groups in total. The molecule has 1 heterocycles. The van der Waals surface area contributed by atoms with Gasteiger partial charge in [0.1, 0.15) is 5.54 Å². The summed E-state index contributed by atoms with van der Waals surface area (Å²) < 4.78 is 1.57. The van der Waals surface area contributed by atoms with Gasteiger partial charge in [-0.05, 0) is 44.0 Å². The Balaban J connectivity index is 1.67. The molecule has 4 rings (SSSR count). The lowest BCUT2D eigenvalue weighted by Gasteiger charge is -2.39. The number of fused-ring (bicyclic) bond motifs is 1. The van der Waals surface area contributed by atoms with Crippen LogP contribution in [0.4, 0.5) is 0 Å². The molecule has 1 aliphatic rings. The molecule has 0 unspecified atom stereocenters. The maximum Gasteiger partial charge on any atom is 0.266 e. The van der Waals surface area contributed by atoms with Gasteiger partial charge in [-0.15, -0.1) is 0 Å². The lowest BCUT2D eigenvalue weighted by atomic mass is 9.81. The zero-order valence-electron chi connectivity index (χ0n) is 18.4. The smallest absolute Gasteiger partial charge is 0.266 e. The van der Waals surface area contributed by atoms with E-state index >= 15 is 0 Å². The molecule has 1 fully saturated rings. The molecular formula is C25H26N4O2S. The van der Waals surface area contributed by atoms with E-state index in [0.29, 0.717) is 34.6 Å². The summed E-state index contributed by atoms with van der Waals surface area (Å²) in [5, 5.41) is 10.8. The molecular weight excluding hydrogens is 420 g/mol. The number of nitrogens with zero attached hydrogens (tertiary/aromatic N) is 4. The second-order valence-corrected chi connectivity index (χ2v) is 9.28. The molecule has 164 valence electrons. The fraction of sp³-hybridized carbons (Fsp3) is 0.360. The van der Waals surface area contributed by atoms with Gasteiger partial charge in [0.05, 0.1) is 28.4 Å². The van der Waals surface area contributed by atoms with Gasteiger partial charge in [0.2, 0.25) is 5.91 Å². The van der Waals surface area contributed by atoms with Gasteiger partial charge in [-0.2, -0.15) is 5.26 Å². The van der Waals surface area contributed by atoms with Crippen molar-refractivity contribution >= 4 is 28.6 Å². The number of aryl methyl sites for hydroxylation is 1. The monoisotopic (exact) mass is 446 g/mol. The number of hydrogen-bond acceptors (Lipinski definition) is 5. The average Bonchev–Trinajstić information content (AvgIpc) is 2.83. The van der Waals surface area contributed by atoms with E-state index in [2.05, 4.69) is 6.07 Å². The summed E-state index contributed by atoms with van der Waals surface area (Å²) in [6.45, 7) is 1.99. The quantitative estimate of drug-likeness (QED) is 0.427. The first kappa shape index (κ1) is 22.1. The molecule has 7 heteroatoms. The van der Waals surface area contributed by atoms with Gasteiger partial charge in [-0.25, -0.2) is 4.98 Å². The topological polar surface area (TPSA) is 79.0 Å². The van der Waals surface area contributed by atoms with E-state index in [4.69, 9.17) is 4.98 Å². The summed E-state index contributed by atoms with van der Waals surface area (Å²) in [4.78, 5) is 32.7. The standard InChI is InChI=1S/C25H26N4O2S/c1-18-10-12-19(13-11-18)29-23(31)20-8-4-5-9-21(20)27-24(29)32-16-22(30)28(2)25(17-26)14-6-3-7-15-25/h4-5,8-13H,3,6-7,14-16H2,1-2H3. The van der Waals surface area contributed by atoms with E-state index < -0.39 is 5.54 Å².